The van der Waals surface area contributed by atoms with Crippen LogP contribution in [-0.4, -0.2) is 30.8 Å². The normalized spacial score (nSPS) is 12.5. The molecule has 1 aromatic carbocycles. The predicted molar refractivity (Wildman–Crippen MR) is 67.5 cm³/mol. The largest absolute Gasteiger partial charge is 0.480 e. The summed E-state index contributed by atoms with van der Waals surface area (Å²) in [6.07, 6.45) is 0. The number of ether oxygens (including phenoxy) is 1. The summed E-state index contributed by atoms with van der Waals surface area (Å²) >= 11 is 0. The van der Waals surface area contributed by atoms with Crippen LogP contribution < -0.4 is 5.32 Å². The van der Waals surface area contributed by atoms with Gasteiger partial charge in [-0.2, -0.15) is 0 Å². The van der Waals surface area contributed by atoms with E-state index in [-0.39, 0.29) is 6.61 Å². The molecule has 0 aliphatic rings. The van der Waals surface area contributed by atoms with E-state index in [2.05, 4.69) is 19.2 Å². The van der Waals surface area contributed by atoms with Crippen molar-refractivity contribution in [1.82, 2.24) is 0 Å². The molecular formula is C13H19NO3. The summed E-state index contributed by atoms with van der Waals surface area (Å²) in [4.78, 5) is 10.9. The third kappa shape index (κ3) is 4.07. The average Bonchev–Trinajstić information content (AvgIpc) is 2.29. The lowest BCUT2D eigenvalue weighted by molar-refractivity contribution is -0.139. The molecule has 4 heteroatoms. The molecule has 0 amide bonds. The Balaban J connectivity index is 2.70. The Hall–Kier alpha value is -1.55. The van der Waals surface area contributed by atoms with Gasteiger partial charge in [0, 0.05) is 12.8 Å². The van der Waals surface area contributed by atoms with E-state index >= 15 is 0 Å². The highest BCUT2D eigenvalue weighted by molar-refractivity contribution is 5.77. The maximum Gasteiger partial charge on any atom is 0.328 e. The van der Waals surface area contributed by atoms with Crippen LogP contribution in [0.2, 0.25) is 0 Å². The minimum atomic E-state index is -0.917. The van der Waals surface area contributed by atoms with Gasteiger partial charge in [-0.25, -0.2) is 4.79 Å². The molecule has 1 rings (SSSR count). The molecule has 0 heterocycles. The summed E-state index contributed by atoms with van der Waals surface area (Å²) in [7, 11) is 1.49. The summed E-state index contributed by atoms with van der Waals surface area (Å²) in [5.74, 6) is -0.446. The summed E-state index contributed by atoms with van der Waals surface area (Å²) in [5, 5.41) is 11.9. The molecule has 1 atom stereocenters. The van der Waals surface area contributed by atoms with Gasteiger partial charge in [-0.05, 0) is 23.6 Å². The number of carboxylic acids is 1. The lowest BCUT2D eigenvalue weighted by Crippen LogP contribution is -2.33. The van der Waals surface area contributed by atoms with E-state index in [0.717, 1.165) is 5.69 Å². The number of benzene rings is 1. The number of rotatable bonds is 6. The summed E-state index contributed by atoms with van der Waals surface area (Å²) in [5.41, 5.74) is 2.02. The minimum Gasteiger partial charge on any atom is -0.480 e. The molecule has 1 unspecified atom stereocenters. The highest BCUT2D eigenvalue weighted by atomic mass is 16.5. The van der Waals surface area contributed by atoms with Gasteiger partial charge in [0.05, 0.1) is 6.61 Å². The van der Waals surface area contributed by atoms with Gasteiger partial charge >= 0.3 is 5.97 Å². The summed E-state index contributed by atoms with van der Waals surface area (Å²) < 4.78 is 4.86. The number of hydrogen-bond donors (Lipinski definition) is 2. The van der Waals surface area contributed by atoms with Crippen LogP contribution in [0.3, 0.4) is 0 Å². The Bertz CT molecular complexity index is 359. The van der Waals surface area contributed by atoms with E-state index in [1.165, 1.54) is 12.7 Å². The van der Waals surface area contributed by atoms with Crippen molar-refractivity contribution < 1.29 is 14.6 Å². The maximum absolute atomic E-state index is 10.9. The average molecular weight is 237 g/mol. The molecule has 0 saturated carbocycles. The zero-order chi connectivity index (χ0) is 12.8. The number of carboxylic acid groups (broad SMARTS) is 1. The first-order valence-corrected chi connectivity index (χ1v) is 5.62. The molecule has 4 nitrogen and oxygen atoms in total. The molecule has 17 heavy (non-hydrogen) atoms. The molecule has 94 valence electrons. The predicted octanol–water partition coefficient (Wildman–Crippen LogP) is 2.32. The van der Waals surface area contributed by atoms with Crippen molar-refractivity contribution in [1.29, 1.82) is 0 Å². The second-order valence-electron chi connectivity index (χ2n) is 4.27. The van der Waals surface area contributed by atoms with Crippen molar-refractivity contribution in [3.63, 3.8) is 0 Å². The number of aliphatic carboxylic acids is 1. The fourth-order valence-electron chi connectivity index (χ4n) is 1.51. The second-order valence-corrected chi connectivity index (χ2v) is 4.27. The van der Waals surface area contributed by atoms with Crippen molar-refractivity contribution in [3.8, 4) is 0 Å². The molecule has 0 aliphatic carbocycles. The van der Waals surface area contributed by atoms with Crippen LogP contribution in [0.15, 0.2) is 24.3 Å². The molecule has 1 aromatic rings. The van der Waals surface area contributed by atoms with Gasteiger partial charge in [0.2, 0.25) is 0 Å². The van der Waals surface area contributed by atoms with E-state index in [0.29, 0.717) is 5.92 Å². The number of hydrogen-bond acceptors (Lipinski definition) is 3. The van der Waals surface area contributed by atoms with Gasteiger partial charge < -0.3 is 15.2 Å². The first-order chi connectivity index (χ1) is 8.04. The number of methoxy groups -OCH3 is 1. The molecule has 0 radical (unpaired) electrons. The van der Waals surface area contributed by atoms with Crippen LogP contribution in [-0.2, 0) is 9.53 Å². The number of carbonyl (C=O) groups is 1. The van der Waals surface area contributed by atoms with E-state index in [4.69, 9.17) is 9.84 Å². The Labute approximate surface area is 102 Å². The lowest BCUT2D eigenvalue weighted by Gasteiger charge is -2.15. The molecule has 0 aliphatic heterocycles. The molecule has 2 N–H and O–H groups in total. The van der Waals surface area contributed by atoms with Crippen molar-refractivity contribution in [2.24, 2.45) is 0 Å². The standard InChI is InChI=1S/C13H19NO3/c1-9(2)10-4-6-11(7-5-10)14-12(8-17-3)13(15)16/h4-7,9,12,14H,8H2,1-3H3,(H,15,16). The van der Waals surface area contributed by atoms with Crippen molar-refractivity contribution in [2.45, 2.75) is 25.8 Å². The molecule has 0 fully saturated rings. The first kappa shape index (κ1) is 13.5. The van der Waals surface area contributed by atoms with Crippen LogP contribution in [0.1, 0.15) is 25.3 Å². The quantitative estimate of drug-likeness (QED) is 0.797. The molecule has 0 bridgehead atoms. The van der Waals surface area contributed by atoms with Gasteiger partial charge in [-0.1, -0.05) is 26.0 Å². The third-order valence-corrected chi connectivity index (χ3v) is 2.55. The first-order valence-electron chi connectivity index (χ1n) is 5.62. The summed E-state index contributed by atoms with van der Waals surface area (Å²) in [6.45, 7) is 4.38. The lowest BCUT2D eigenvalue weighted by atomic mass is 10.0. The fraction of sp³-hybridized carbons (Fsp3) is 0.462. The molecule has 0 spiro atoms. The van der Waals surface area contributed by atoms with Crippen LogP contribution in [0.4, 0.5) is 5.69 Å². The van der Waals surface area contributed by atoms with E-state index < -0.39 is 12.0 Å². The van der Waals surface area contributed by atoms with Gasteiger partial charge in [-0.3, -0.25) is 0 Å². The topological polar surface area (TPSA) is 58.6 Å². The molecule has 0 aromatic heterocycles. The zero-order valence-corrected chi connectivity index (χ0v) is 10.4. The molecule has 0 saturated heterocycles. The van der Waals surface area contributed by atoms with Crippen molar-refractivity contribution in [2.75, 3.05) is 19.0 Å². The highest BCUT2D eigenvalue weighted by Crippen LogP contribution is 2.17. The number of anilines is 1. The number of nitrogens with one attached hydrogen (secondary N) is 1. The van der Waals surface area contributed by atoms with Gasteiger partial charge in [-0.15, -0.1) is 0 Å². The molecular weight excluding hydrogens is 218 g/mol. The Kier molecular flexibility index (Phi) is 4.97. The maximum atomic E-state index is 10.9. The van der Waals surface area contributed by atoms with Crippen molar-refractivity contribution in [3.05, 3.63) is 29.8 Å². The Morgan fingerprint density at radius 2 is 1.94 bits per heavy atom. The fourth-order valence-corrected chi connectivity index (χ4v) is 1.51. The van der Waals surface area contributed by atoms with Gasteiger partial charge in [0.25, 0.3) is 0 Å². The van der Waals surface area contributed by atoms with Crippen LogP contribution in [0, 0.1) is 0 Å². The van der Waals surface area contributed by atoms with Crippen LogP contribution >= 0.6 is 0 Å². The van der Waals surface area contributed by atoms with E-state index in [1.807, 2.05) is 24.3 Å². The van der Waals surface area contributed by atoms with Gasteiger partial charge in [0.1, 0.15) is 6.04 Å². The van der Waals surface area contributed by atoms with Crippen molar-refractivity contribution >= 4 is 11.7 Å². The highest BCUT2D eigenvalue weighted by Gasteiger charge is 2.16. The van der Waals surface area contributed by atoms with Gasteiger partial charge in [0.15, 0.2) is 0 Å². The Morgan fingerprint density at radius 3 is 2.35 bits per heavy atom. The van der Waals surface area contributed by atoms with E-state index in [1.54, 1.807) is 0 Å². The third-order valence-electron chi connectivity index (χ3n) is 2.55. The van der Waals surface area contributed by atoms with Crippen LogP contribution in [0.5, 0.6) is 0 Å². The van der Waals surface area contributed by atoms with Crippen LogP contribution in [0.25, 0.3) is 0 Å². The van der Waals surface area contributed by atoms with E-state index in [9.17, 15) is 4.79 Å². The smallest absolute Gasteiger partial charge is 0.328 e. The summed E-state index contributed by atoms with van der Waals surface area (Å²) in [6, 6.07) is 7.06. The zero-order valence-electron chi connectivity index (χ0n) is 10.4. The monoisotopic (exact) mass is 237 g/mol. The minimum absolute atomic E-state index is 0.140. The Morgan fingerprint density at radius 1 is 1.35 bits per heavy atom. The SMILES string of the molecule is COCC(Nc1ccc(C(C)C)cc1)C(=O)O. The second kappa shape index (κ2) is 6.25.